The van der Waals surface area contributed by atoms with E-state index < -0.39 is 0 Å². The molecule has 0 saturated heterocycles. The summed E-state index contributed by atoms with van der Waals surface area (Å²) in [5.74, 6) is 0. The van der Waals surface area contributed by atoms with Gasteiger partial charge in [0, 0.05) is 41.3 Å². The molecule has 0 aliphatic heterocycles. The second-order valence-corrected chi connectivity index (χ2v) is 4.37. The molecule has 0 fully saturated rings. The van der Waals surface area contributed by atoms with Crippen molar-refractivity contribution in [2.45, 2.75) is 0 Å². The molecule has 0 saturated carbocycles. The molecule has 0 atom stereocenters. The molecular formula is C13H9N3S. The van der Waals surface area contributed by atoms with Gasteiger partial charge in [-0.25, -0.2) is 4.98 Å². The van der Waals surface area contributed by atoms with Crippen LogP contribution in [0, 0.1) is 0 Å². The summed E-state index contributed by atoms with van der Waals surface area (Å²) in [4.78, 5) is 12.7. The Bertz CT molecular complexity index is 551. The fourth-order valence-corrected chi connectivity index (χ4v) is 2.37. The average Bonchev–Trinajstić information content (AvgIpc) is 2.90. The quantitative estimate of drug-likeness (QED) is 0.689. The fourth-order valence-electron chi connectivity index (χ4n) is 1.55. The van der Waals surface area contributed by atoms with Gasteiger partial charge in [-0.1, -0.05) is 0 Å². The molecule has 0 bridgehead atoms. The van der Waals surface area contributed by atoms with Crippen molar-refractivity contribution >= 4 is 11.3 Å². The zero-order valence-corrected chi connectivity index (χ0v) is 9.76. The molecule has 0 aliphatic carbocycles. The molecule has 3 nitrogen and oxygen atoms in total. The maximum atomic E-state index is 4.60. The van der Waals surface area contributed by atoms with Crippen LogP contribution in [0.4, 0.5) is 0 Å². The molecule has 0 aliphatic rings. The lowest BCUT2D eigenvalue weighted by molar-refractivity contribution is 1.30. The summed E-state index contributed by atoms with van der Waals surface area (Å²) < 4.78 is 0. The van der Waals surface area contributed by atoms with Gasteiger partial charge >= 0.3 is 0 Å². The van der Waals surface area contributed by atoms with Crippen LogP contribution in [-0.4, -0.2) is 15.0 Å². The van der Waals surface area contributed by atoms with Crippen molar-refractivity contribution in [3.8, 4) is 21.8 Å². The Kier molecular flexibility index (Phi) is 2.63. The van der Waals surface area contributed by atoms with Crippen LogP contribution in [0.3, 0.4) is 0 Å². The molecule has 0 radical (unpaired) electrons. The minimum Gasteiger partial charge on any atom is -0.265 e. The second kappa shape index (κ2) is 4.43. The van der Waals surface area contributed by atoms with E-state index in [1.165, 1.54) is 0 Å². The lowest BCUT2D eigenvalue weighted by Crippen LogP contribution is -1.80. The van der Waals surface area contributed by atoms with Crippen LogP contribution in [0.2, 0.25) is 0 Å². The van der Waals surface area contributed by atoms with E-state index in [1.54, 1.807) is 29.9 Å². The summed E-state index contributed by atoms with van der Waals surface area (Å²) in [5, 5.41) is 3.04. The first-order valence-corrected chi connectivity index (χ1v) is 6.08. The van der Waals surface area contributed by atoms with Gasteiger partial charge < -0.3 is 0 Å². The van der Waals surface area contributed by atoms with E-state index in [0.29, 0.717) is 0 Å². The van der Waals surface area contributed by atoms with Crippen LogP contribution < -0.4 is 0 Å². The third-order valence-electron chi connectivity index (χ3n) is 2.39. The summed E-state index contributed by atoms with van der Waals surface area (Å²) in [5.41, 5.74) is 3.13. The van der Waals surface area contributed by atoms with Gasteiger partial charge in [0.1, 0.15) is 5.01 Å². The van der Waals surface area contributed by atoms with Gasteiger partial charge in [-0.15, -0.1) is 11.3 Å². The number of hydrogen-bond donors (Lipinski definition) is 0. The van der Waals surface area contributed by atoms with E-state index in [1.807, 2.05) is 30.5 Å². The summed E-state index contributed by atoms with van der Waals surface area (Å²) in [6, 6.07) is 7.86. The zero-order valence-electron chi connectivity index (χ0n) is 8.95. The van der Waals surface area contributed by atoms with Crippen molar-refractivity contribution < 1.29 is 0 Å². The molecule has 3 aromatic heterocycles. The number of hydrogen-bond acceptors (Lipinski definition) is 4. The highest BCUT2D eigenvalue weighted by atomic mass is 32.1. The van der Waals surface area contributed by atoms with Crippen LogP contribution in [0.25, 0.3) is 21.8 Å². The smallest absolute Gasteiger partial charge is 0.125 e. The Labute approximate surface area is 103 Å². The van der Waals surface area contributed by atoms with Gasteiger partial charge in [0.25, 0.3) is 0 Å². The van der Waals surface area contributed by atoms with Crippen molar-refractivity contribution in [3.05, 3.63) is 54.4 Å². The van der Waals surface area contributed by atoms with E-state index in [-0.39, 0.29) is 0 Å². The Balaban J connectivity index is 1.99. The van der Waals surface area contributed by atoms with Crippen LogP contribution in [-0.2, 0) is 0 Å². The fraction of sp³-hybridized carbons (Fsp3) is 0. The molecule has 82 valence electrons. The van der Waals surface area contributed by atoms with E-state index in [0.717, 1.165) is 21.8 Å². The second-order valence-electron chi connectivity index (χ2n) is 3.52. The highest BCUT2D eigenvalue weighted by molar-refractivity contribution is 7.13. The molecule has 0 unspecified atom stereocenters. The van der Waals surface area contributed by atoms with Crippen molar-refractivity contribution in [2.75, 3.05) is 0 Å². The zero-order chi connectivity index (χ0) is 11.5. The van der Waals surface area contributed by atoms with E-state index in [9.17, 15) is 0 Å². The number of thiazole rings is 1. The number of nitrogens with zero attached hydrogens (tertiary/aromatic N) is 3. The summed E-state index contributed by atoms with van der Waals surface area (Å²) in [7, 11) is 0. The predicted octanol–water partition coefficient (Wildman–Crippen LogP) is 3.27. The topological polar surface area (TPSA) is 38.7 Å². The van der Waals surface area contributed by atoms with Crippen molar-refractivity contribution in [2.24, 2.45) is 0 Å². The van der Waals surface area contributed by atoms with Crippen molar-refractivity contribution in [1.29, 1.82) is 0 Å². The third-order valence-corrected chi connectivity index (χ3v) is 3.28. The van der Waals surface area contributed by atoms with Gasteiger partial charge in [-0.2, -0.15) is 0 Å². The van der Waals surface area contributed by atoms with Gasteiger partial charge in [-0.3, -0.25) is 9.97 Å². The molecule has 3 aromatic rings. The third kappa shape index (κ3) is 2.07. The van der Waals surface area contributed by atoms with Crippen molar-refractivity contribution in [3.63, 3.8) is 0 Å². The minimum atomic E-state index is 0.983. The normalized spacial score (nSPS) is 10.4. The van der Waals surface area contributed by atoms with E-state index in [4.69, 9.17) is 0 Å². The summed E-state index contributed by atoms with van der Waals surface area (Å²) in [6.07, 6.45) is 7.15. The lowest BCUT2D eigenvalue weighted by Gasteiger charge is -1.95. The van der Waals surface area contributed by atoms with Gasteiger partial charge in [0.15, 0.2) is 0 Å². The summed E-state index contributed by atoms with van der Waals surface area (Å²) >= 11 is 1.63. The van der Waals surface area contributed by atoms with E-state index in [2.05, 4.69) is 20.3 Å². The van der Waals surface area contributed by atoms with E-state index >= 15 is 0 Å². The number of pyridine rings is 2. The Hall–Kier alpha value is -2.07. The molecule has 4 heteroatoms. The number of aromatic nitrogens is 3. The average molecular weight is 239 g/mol. The minimum absolute atomic E-state index is 0.983. The molecular weight excluding hydrogens is 230 g/mol. The van der Waals surface area contributed by atoms with Crippen LogP contribution >= 0.6 is 11.3 Å². The van der Waals surface area contributed by atoms with Gasteiger partial charge in [0.2, 0.25) is 0 Å². The summed E-state index contributed by atoms with van der Waals surface area (Å²) in [6.45, 7) is 0. The standard InChI is InChI=1S/C13H9N3S/c1-2-11(8-15-5-1)13-16-12(9-17-13)10-3-6-14-7-4-10/h1-9H. The maximum Gasteiger partial charge on any atom is 0.125 e. The molecule has 0 spiro atoms. The maximum absolute atomic E-state index is 4.60. The van der Waals surface area contributed by atoms with Gasteiger partial charge in [-0.05, 0) is 24.3 Å². The van der Waals surface area contributed by atoms with Crippen LogP contribution in [0.15, 0.2) is 54.4 Å². The monoisotopic (exact) mass is 239 g/mol. The first-order valence-electron chi connectivity index (χ1n) is 5.20. The lowest BCUT2D eigenvalue weighted by atomic mass is 10.2. The molecule has 17 heavy (non-hydrogen) atoms. The van der Waals surface area contributed by atoms with Crippen LogP contribution in [0.5, 0.6) is 0 Å². The van der Waals surface area contributed by atoms with Gasteiger partial charge in [0.05, 0.1) is 5.69 Å². The molecule has 3 rings (SSSR count). The molecule has 0 aromatic carbocycles. The molecule has 3 heterocycles. The van der Waals surface area contributed by atoms with Crippen molar-refractivity contribution in [1.82, 2.24) is 15.0 Å². The SMILES string of the molecule is c1cncc(-c2nc(-c3ccncc3)cs2)c1. The first kappa shape index (κ1) is 10.1. The van der Waals surface area contributed by atoms with Crippen LogP contribution in [0.1, 0.15) is 0 Å². The largest absolute Gasteiger partial charge is 0.265 e. The predicted molar refractivity (Wildman–Crippen MR) is 68.6 cm³/mol. The Morgan fingerprint density at radius 1 is 0.882 bits per heavy atom. The Morgan fingerprint density at radius 2 is 1.76 bits per heavy atom. The highest BCUT2D eigenvalue weighted by Gasteiger charge is 2.05. The number of rotatable bonds is 2. The molecule has 0 N–H and O–H groups in total. The first-order chi connectivity index (χ1) is 8.43. The highest BCUT2D eigenvalue weighted by Crippen LogP contribution is 2.27. The molecule has 0 amide bonds. The Morgan fingerprint density at radius 3 is 2.53 bits per heavy atom.